The Hall–Kier alpha value is -8.92. The van der Waals surface area contributed by atoms with Gasteiger partial charge in [-0.25, -0.2) is 9.64 Å². The van der Waals surface area contributed by atoms with Gasteiger partial charge in [-0.1, -0.05) is 111 Å². The number of nitriles is 1. The first-order valence-electron chi connectivity index (χ1n) is 22.9. The maximum atomic E-state index is 11.6. The average molecular weight is 908 g/mol. The Morgan fingerprint density at radius 1 is 0.580 bits per heavy atom. The molecule has 342 valence electrons. The highest BCUT2D eigenvalue weighted by atomic mass is 16.4. The molecule has 0 amide bonds. The van der Waals surface area contributed by atoms with Crippen molar-refractivity contribution < 1.29 is 19.8 Å². The van der Waals surface area contributed by atoms with Crippen LogP contribution in [0.15, 0.2) is 157 Å². The average Bonchev–Trinajstić information content (AvgIpc) is 3.94. The maximum Gasteiger partial charge on any atom is 0.346 e. The third-order valence-electron chi connectivity index (χ3n) is 11.8. The lowest BCUT2D eigenvalue weighted by atomic mass is 9.93. The fourth-order valence-corrected chi connectivity index (χ4v) is 8.10. The molecular weight excluding hydrogens is 855 g/mol. The van der Waals surface area contributed by atoms with Gasteiger partial charge in [0.1, 0.15) is 11.6 Å². The van der Waals surface area contributed by atoms with E-state index in [9.17, 15) is 25.1 Å². The Morgan fingerprint density at radius 2 is 1.07 bits per heavy atom. The maximum absolute atomic E-state index is 11.6. The zero-order chi connectivity index (χ0) is 48.9. The third kappa shape index (κ3) is 11.7. The van der Waals surface area contributed by atoms with E-state index < -0.39 is 11.9 Å². The number of carboxylic acid groups (broad SMARTS) is 2. The van der Waals surface area contributed by atoms with Crippen LogP contribution in [0, 0.1) is 31.8 Å². The highest BCUT2D eigenvalue weighted by Gasteiger charge is 2.15. The van der Waals surface area contributed by atoms with E-state index in [1.54, 1.807) is 6.07 Å². The van der Waals surface area contributed by atoms with Crippen LogP contribution in [0.1, 0.15) is 88.4 Å². The second kappa shape index (κ2) is 22.5. The van der Waals surface area contributed by atoms with E-state index in [1.165, 1.54) is 23.3 Å². The molecule has 0 aliphatic heterocycles. The molecule has 69 heavy (non-hydrogen) atoms. The fourth-order valence-electron chi connectivity index (χ4n) is 8.10. The third-order valence-corrected chi connectivity index (χ3v) is 11.8. The number of carbonyl (C=O) groups is 2. The molecule has 0 radical (unpaired) electrons. The van der Waals surface area contributed by atoms with Crippen LogP contribution >= 0.6 is 0 Å². The summed E-state index contributed by atoms with van der Waals surface area (Å²) in [5, 5.41) is 28.3. The van der Waals surface area contributed by atoms with E-state index in [1.807, 2.05) is 63.8 Å². The summed E-state index contributed by atoms with van der Waals surface area (Å²) in [7, 11) is 0. The molecule has 9 nitrogen and oxygen atoms in total. The van der Waals surface area contributed by atoms with Crippen LogP contribution in [0.3, 0.4) is 0 Å². The molecule has 2 heterocycles. The molecule has 5 aromatic carbocycles. The van der Waals surface area contributed by atoms with Gasteiger partial charge in [0.2, 0.25) is 0 Å². The molecule has 0 saturated carbocycles. The van der Waals surface area contributed by atoms with E-state index in [-0.39, 0.29) is 11.3 Å². The van der Waals surface area contributed by atoms with Crippen molar-refractivity contribution in [2.75, 3.05) is 4.90 Å². The number of hydrogen-bond acceptors (Lipinski definition) is 4. The molecule has 0 aliphatic carbocycles. The lowest BCUT2D eigenvalue weighted by Crippen LogP contribution is -2.09. The second-order valence-electron chi connectivity index (χ2n) is 16.6. The van der Waals surface area contributed by atoms with Crippen molar-refractivity contribution in [3.05, 3.63) is 230 Å². The number of benzene rings is 5. The SMILES string of the molecule is [C-]#[N+]/C(=C\c1ccc(/C=C/c2ccc(N(c3ccc(/C=C/c4ccc(/C=C(\C#N)C(=O)O)n4CCC)cc3)c3ccc(/C=C(\c4ccccc4)c4ccc(C)c(C)c4)cc3)cc2)n1CCC)C(=O)O. The van der Waals surface area contributed by atoms with Crippen molar-refractivity contribution >= 4 is 77.1 Å². The molecule has 0 unspecified atom stereocenters. The Morgan fingerprint density at radius 3 is 1.52 bits per heavy atom. The summed E-state index contributed by atoms with van der Waals surface area (Å²) in [6.45, 7) is 17.0. The summed E-state index contributed by atoms with van der Waals surface area (Å²) in [6.07, 6.45) is 14.8. The monoisotopic (exact) mass is 907 g/mol. The minimum atomic E-state index is -1.25. The Labute approximate surface area is 404 Å². The Bertz CT molecular complexity index is 3060. The number of aromatic nitrogens is 2. The zero-order valence-corrected chi connectivity index (χ0v) is 39.2. The van der Waals surface area contributed by atoms with Gasteiger partial charge in [0, 0.05) is 52.9 Å². The van der Waals surface area contributed by atoms with Crippen LogP contribution in [0.4, 0.5) is 17.1 Å². The van der Waals surface area contributed by atoms with Crippen molar-refractivity contribution in [2.24, 2.45) is 0 Å². The number of carboxylic acids is 2. The first-order valence-corrected chi connectivity index (χ1v) is 22.9. The predicted octanol–water partition coefficient (Wildman–Crippen LogP) is 14.5. The van der Waals surface area contributed by atoms with Crippen LogP contribution in [-0.2, 0) is 22.7 Å². The van der Waals surface area contributed by atoms with Crippen LogP contribution in [-0.4, -0.2) is 31.3 Å². The normalized spacial score (nSPS) is 12.1. The minimum Gasteiger partial charge on any atom is -0.486 e. The van der Waals surface area contributed by atoms with Crippen molar-refractivity contribution in [2.45, 2.75) is 53.6 Å². The summed E-state index contributed by atoms with van der Waals surface area (Å²) < 4.78 is 4.04. The molecule has 0 saturated heterocycles. The first-order chi connectivity index (χ1) is 33.5. The highest BCUT2D eigenvalue weighted by Crippen LogP contribution is 2.36. The van der Waals surface area contributed by atoms with Gasteiger partial charge >= 0.3 is 11.9 Å². The van der Waals surface area contributed by atoms with Crippen LogP contribution in [0.2, 0.25) is 0 Å². The van der Waals surface area contributed by atoms with Crippen molar-refractivity contribution in [1.29, 1.82) is 5.26 Å². The molecule has 0 atom stereocenters. The highest BCUT2D eigenvalue weighted by molar-refractivity contribution is 5.96. The predicted molar refractivity (Wildman–Crippen MR) is 281 cm³/mol. The van der Waals surface area contributed by atoms with E-state index in [2.05, 4.69) is 159 Å². The van der Waals surface area contributed by atoms with Gasteiger partial charge in [0.25, 0.3) is 5.70 Å². The van der Waals surface area contributed by atoms with Crippen LogP contribution in [0.5, 0.6) is 0 Å². The summed E-state index contributed by atoms with van der Waals surface area (Å²) >= 11 is 0. The fraction of sp³-hybridized carbons (Fsp3) is 0.133. The molecule has 9 heteroatoms. The van der Waals surface area contributed by atoms with Gasteiger partial charge in [0.15, 0.2) is 0 Å². The van der Waals surface area contributed by atoms with Crippen molar-refractivity contribution in [3.8, 4) is 6.07 Å². The first kappa shape index (κ1) is 48.0. The van der Waals surface area contributed by atoms with Gasteiger partial charge in [-0.05, 0) is 162 Å². The van der Waals surface area contributed by atoms with Gasteiger partial charge in [0.05, 0.1) is 6.57 Å². The number of anilines is 3. The molecule has 0 bridgehead atoms. The standard InChI is InChI=1S/C60H53N5O4/c1-6-35-63-50(31-33-55(63)39-49(41-61)59(66)67)23-14-44-16-25-52(26-17-44)65(53-27-18-45(19-28-53)15-24-51-32-34-56(64(51)36-7-2)40-58(62-5)60(68)69)54-29-20-46(21-30-54)38-57(47-11-9-8-10-12-47)48-22-13-42(3)43(4)37-48/h8-34,37-40H,6-7,35-36H2,1-4H3,(H,66,67)(H,68,69)/b23-14+,24-15+,49-39+,57-38+,58-40-. The number of aliphatic carboxylic acids is 2. The van der Waals surface area contributed by atoms with Gasteiger partial charge in [-0.15, -0.1) is 0 Å². The Balaban J connectivity index is 1.23. The van der Waals surface area contributed by atoms with Crippen LogP contribution < -0.4 is 4.90 Å². The summed E-state index contributed by atoms with van der Waals surface area (Å²) in [5.74, 6) is -2.50. The lowest BCUT2D eigenvalue weighted by molar-refractivity contribution is -0.133. The van der Waals surface area contributed by atoms with Gasteiger partial charge < -0.3 is 24.2 Å². The number of aryl methyl sites for hydroxylation is 2. The minimum absolute atomic E-state index is 0.314. The molecule has 0 spiro atoms. The molecule has 2 aromatic heterocycles. The summed E-state index contributed by atoms with van der Waals surface area (Å²) in [5.41, 5.74) is 14.3. The van der Waals surface area contributed by atoms with Gasteiger partial charge in [-0.2, -0.15) is 5.26 Å². The molecule has 2 N–H and O–H groups in total. The van der Waals surface area contributed by atoms with Crippen molar-refractivity contribution in [1.82, 2.24) is 9.13 Å². The van der Waals surface area contributed by atoms with Crippen molar-refractivity contribution in [3.63, 3.8) is 0 Å². The van der Waals surface area contributed by atoms with E-state index in [0.717, 1.165) is 74.7 Å². The number of nitrogens with zero attached hydrogens (tertiary/aromatic N) is 5. The summed E-state index contributed by atoms with van der Waals surface area (Å²) in [6, 6.07) is 51.6. The summed E-state index contributed by atoms with van der Waals surface area (Å²) in [4.78, 5) is 28.6. The molecule has 0 fully saturated rings. The smallest absolute Gasteiger partial charge is 0.346 e. The van der Waals surface area contributed by atoms with Gasteiger partial charge in [-0.3, -0.25) is 4.79 Å². The van der Waals surface area contributed by atoms with E-state index in [4.69, 9.17) is 6.57 Å². The largest absolute Gasteiger partial charge is 0.486 e. The molecule has 7 aromatic rings. The van der Waals surface area contributed by atoms with Crippen LogP contribution in [0.25, 0.3) is 53.0 Å². The van der Waals surface area contributed by atoms with E-state index >= 15 is 0 Å². The van der Waals surface area contributed by atoms with E-state index in [0.29, 0.717) is 24.5 Å². The zero-order valence-electron chi connectivity index (χ0n) is 39.2. The topological polar surface area (TPSA) is 116 Å². The molecule has 7 rings (SSSR count). The second-order valence-corrected chi connectivity index (χ2v) is 16.6. The Kier molecular flexibility index (Phi) is 15.7. The molecule has 0 aliphatic rings. The lowest BCUT2D eigenvalue weighted by Gasteiger charge is -2.26. The number of rotatable bonds is 18. The quantitative estimate of drug-likeness (QED) is 0.0383. The molecular formula is C60H53N5O4. The number of hydrogen-bond donors (Lipinski definition) is 2.